The highest BCUT2D eigenvalue weighted by Crippen LogP contribution is 2.19. The quantitative estimate of drug-likeness (QED) is 0.843. The lowest BCUT2D eigenvalue weighted by Gasteiger charge is -2.10. The Kier molecular flexibility index (Phi) is 4.33. The van der Waals surface area contributed by atoms with E-state index in [0.717, 1.165) is 17.5 Å². The summed E-state index contributed by atoms with van der Waals surface area (Å²) in [6, 6.07) is 7.58. The molecule has 0 radical (unpaired) electrons. The van der Waals surface area contributed by atoms with Gasteiger partial charge in [0.25, 0.3) is 0 Å². The van der Waals surface area contributed by atoms with Crippen LogP contribution in [0, 0.1) is 5.92 Å². The van der Waals surface area contributed by atoms with Gasteiger partial charge in [-0.05, 0) is 24.5 Å². The van der Waals surface area contributed by atoms with Crippen molar-refractivity contribution in [3.63, 3.8) is 0 Å². The monoisotopic (exact) mass is 249 g/mol. The molecule has 98 valence electrons. The van der Waals surface area contributed by atoms with E-state index in [-0.39, 0.29) is 24.5 Å². The first-order chi connectivity index (χ1) is 8.69. The van der Waals surface area contributed by atoms with Crippen molar-refractivity contribution < 1.29 is 14.6 Å². The lowest BCUT2D eigenvalue weighted by molar-refractivity contribution is -0.125. The second-order valence-electron chi connectivity index (χ2n) is 4.77. The van der Waals surface area contributed by atoms with Gasteiger partial charge in [-0.1, -0.05) is 24.3 Å². The first-order valence-corrected chi connectivity index (χ1v) is 6.27. The van der Waals surface area contributed by atoms with Crippen LogP contribution in [0.15, 0.2) is 24.3 Å². The number of nitrogens with one attached hydrogen (secondary N) is 1. The summed E-state index contributed by atoms with van der Waals surface area (Å²) in [5, 5.41) is 11.9. The minimum Gasteiger partial charge on any atom is -0.392 e. The predicted molar refractivity (Wildman–Crippen MR) is 67.7 cm³/mol. The van der Waals surface area contributed by atoms with Crippen molar-refractivity contribution in [2.45, 2.75) is 32.6 Å². The van der Waals surface area contributed by atoms with Crippen molar-refractivity contribution in [1.82, 2.24) is 5.32 Å². The summed E-state index contributed by atoms with van der Waals surface area (Å²) in [7, 11) is 0. The number of hydrogen-bond acceptors (Lipinski definition) is 3. The molecule has 1 saturated heterocycles. The third-order valence-electron chi connectivity index (χ3n) is 3.21. The second-order valence-corrected chi connectivity index (χ2v) is 4.77. The third-order valence-corrected chi connectivity index (χ3v) is 3.21. The van der Waals surface area contributed by atoms with E-state index >= 15 is 0 Å². The van der Waals surface area contributed by atoms with Gasteiger partial charge in [-0.2, -0.15) is 0 Å². The number of benzene rings is 1. The number of hydrogen-bond donors (Lipinski definition) is 2. The highest BCUT2D eigenvalue weighted by Gasteiger charge is 2.27. The fourth-order valence-corrected chi connectivity index (χ4v) is 2.17. The van der Waals surface area contributed by atoms with Crippen molar-refractivity contribution in [3.8, 4) is 0 Å². The highest BCUT2D eigenvalue weighted by molar-refractivity contribution is 5.79. The molecule has 2 N–H and O–H groups in total. The Morgan fingerprint density at radius 1 is 1.50 bits per heavy atom. The molecule has 0 saturated carbocycles. The molecule has 0 spiro atoms. The molecule has 2 rings (SSSR count). The van der Waals surface area contributed by atoms with Crippen molar-refractivity contribution in [1.29, 1.82) is 0 Å². The molecule has 0 aliphatic carbocycles. The van der Waals surface area contributed by atoms with Crippen molar-refractivity contribution in [3.05, 3.63) is 35.4 Å². The lowest BCUT2D eigenvalue weighted by Crippen LogP contribution is -2.30. The molecule has 1 aromatic rings. The number of carbonyl (C=O) groups is 1. The molecule has 2 atom stereocenters. The number of carbonyl (C=O) groups excluding carboxylic acids is 1. The summed E-state index contributed by atoms with van der Waals surface area (Å²) in [5.41, 5.74) is 1.86. The van der Waals surface area contributed by atoms with E-state index in [4.69, 9.17) is 9.84 Å². The number of ether oxygens (including phenoxy) is 1. The van der Waals surface area contributed by atoms with Gasteiger partial charge in [-0.15, -0.1) is 0 Å². The standard InChI is InChI=1S/C14H19NO3/c1-10-5-13(9-18-10)14(17)15-7-11-3-2-4-12(6-11)8-16/h2-4,6,10,13,16H,5,7-9H2,1H3,(H,15,17). The Bertz CT molecular complexity index is 419. The molecular weight excluding hydrogens is 230 g/mol. The van der Waals surface area contributed by atoms with Gasteiger partial charge in [-0.25, -0.2) is 0 Å². The van der Waals surface area contributed by atoms with Gasteiger partial charge >= 0.3 is 0 Å². The van der Waals surface area contributed by atoms with Crippen LogP contribution in [0.25, 0.3) is 0 Å². The molecule has 1 fully saturated rings. The molecular formula is C14H19NO3. The summed E-state index contributed by atoms with van der Waals surface area (Å²) in [6.45, 7) is 3.02. The van der Waals surface area contributed by atoms with Crippen LogP contribution >= 0.6 is 0 Å². The van der Waals surface area contributed by atoms with Gasteiger partial charge in [0.1, 0.15) is 0 Å². The van der Waals surface area contributed by atoms with Crippen LogP contribution in [0.3, 0.4) is 0 Å². The minimum atomic E-state index is -0.0268. The summed E-state index contributed by atoms with van der Waals surface area (Å²) < 4.78 is 5.38. The van der Waals surface area contributed by atoms with Crippen LogP contribution in [0.5, 0.6) is 0 Å². The summed E-state index contributed by atoms with van der Waals surface area (Å²) in [4.78, 5) is 11.9. The molecule has 2 unspecified atom stereocenters. The van der Waals surface area contributed by atoms with Gasteiger partial charge in [0.05, 0.1) is 25.2 Å². The molecule has 1 aromatic carbocycles. The highest BCUT2D eigenvalue weighted by atomic mass is 16.5. The molecule has 4 nitrogen and oxygen atoms in total. The zero-order valence-corrected chi connectivity index (χ0v) is 10.6. The Balaban J connectivity index is 1.85. The minimum absolute atomic E-state index is 0.0236. The number of amides is 1. The van der Waals surface area contributed by atoms with E-state index < -0.39 is 0 Å². The maximum absolute atomic E-state index is 11.9. The maximum Gasteiger partial charge on any atom is 0.225 e. The van der Waals surface area contributed by atoms with Gasteiger partial charge in [0.15, 0.2) is 0 Å². The van der Waals surface area contributed by atoms with E-state index in [1.165, 1.54) is 0 Å². The first-order valence-electron chi connectivity index (χ1n) is 6.27. The van der Waals surface area contributed by atoms with E-state index in [2.05, 4.69) is 5.32 Å². The van der Waals surface area contributed by atoms with Crippen molar-refractivity contribution in [2.24, 2.45) is 5.92 Å². The molecule has 4 heteroatoms. The Morgan fingerprint density at radius 2 is 2.28 bits per heavy atom. The smallest absolute Gasteiger partial charge is 0.225 e. The number of aliphatic hydroxyl groups excluding tert-OH is 1. The molecule has 18 heavy (non-hydrogen) atoms. The topological polar surface area (TPSA) is 58.6 Å². The van der Waals surface area contributed by atoms with Gasteiger partial charge in [0, 0.05) is 6.54 Å². The summed E-state index contributed by atoms with van der Waals surface area (Å²) >= 11 is 0. The van der Waals surface area contributed by atoms with Gasteiger partial charge in [-0.3, -0.25) is 4.79 Å². The summed E-state index contributed by atoms with van der Waals surface area (Å²) in [6.07, 6.45) is 0.973. The van der Waals surface area contributed by atoms with E-state index in [1.807, 2.05) is 31.2 Å². The molecule has 0 aromatic heterocycles. The second kappa shape index (κ2) is 5.98. The van der Waals surface area contributed by atoms with Crippen LogP contribution in [-0.4, -0.2) is 23.7 Å². The lowest BCUT2D eigenvalue weighted by atomic mass is 10.1. The van der Waals surface area contributed by atoms with Crippen molar-refractivity contribution in [2.75, 3.05) is 6.61 Å². The maximum atomic E-state index is 11.9. The fourth-order valence-electron chi connectivity index (χ4n) is 2.17. The van der Waals surface area contributed by atoms with Crippen LogP contribution in [-0.2, 0) is 22.7 Å². The SMILES string of the molecule is CC1CC(C(=O)NCc2cccc(CO)c2)CO1. The van der Waals surface area contributed by atoms with Crippen LogP contribution in [0.2, 0.25) is 0 Å². The van der Waals surface area contributed by atoms with Crippen molar-refractivity contribution >= 4 is 5.91 Å². The number of aliphatic hydroxyl groups is 1. The van der Waals surface area contributed by atoms with E-state index in [0.29, 0.717) is 13.2 Å². The predicted octanol–water partition coefficient (Wildman–Crippen LogP) is 1.22. The van der Waals surface area contributed by atoms with Crippen LogP contribution in [0.1, 0.15) is 24.5 Å². The zero-order chi connectivity index (χ0) is 13.0. The first kappa shape index (κ1) is 13.1. The van der Waals surface area contributed by atoms with Gasteiger partial charge in [0.2, 0.25) is 5.91 Å². The fraction of sp³-hybridized carbons (Fsp3) is 0.500. The molecule has 1 amide bonds. The summed E-state index contributed by atoms with van der Waals surface area (Å²) in [5.74, 6) is 0.0229. The Hall–Kier alpha value is -1.39. The Labute approximate surface area is 107 Å². The van der Waals surface area contributed by atoms with Crippen LogP contribution < -0.4 is 5.32 Å². The molecule has 0 bridgehead atoms. The van der Waals surface area contributed by atoms with Gasteiger partial charge < -0.3 is 15.2 Å². The largest absolute Gasteiger partial charge is 0.392 e. The molecule has 1 aliphatic heterocycles. The van der Waals surface area contributed by atoms with E-state index in [9.17, 15) is 4.79 Å². The normalized spacial score (nSPS) is 23.0. The molecule has 1 aliphatic rings. The van der Waals surface area contributed by atoms with Crippen LogP contribution in [0.4, 0.5) is 0 Å². The van der Waals surface area contributed by atoms with E-state index in [1.54, 1.807) is 0 Å². The molecule has 1 heterocycles. The number of rotatable bonds is 4. The third kappa shape index (κ3) is 3.31. The average Bonchev–Trinajstić information content (AvgIpc) is 2.83. The zero-order valence-electron chi connectivity index (χ0n) is 10.6. The Morgan fingerprint density at radius 3 is 2.94 bits per heavy atom. The average molecular weight is 249 g/mol.